The second kappa shape index (κ2) is 5.23. The minimum Gasteiger partial charge on any atom is -0.314 e. The lowest BCUT2D eigenvalue weighted by Gasteiger charge is -2.06. The van der Waals surface area contributed by atoms with Crippen molar-refractivity contribution in [3.8, 4) is 5.69 Å². The Labute approximate surface area is 113 Å². The number of halogens is 3. The third-order valence-electron chi connectivity index (χ3n) is 2.11. The normalized spacial score (nSPS) is 10.8. The van der Waals surface area contributed by atoms with Crippen LogP contribution in [0.3, 0.4) is 0 Å². The SMILES string of the molecule is CNCc1cn(-c2c(Cl)cc(Cl)cc2Cl)nn1. The van der Waals surface area contributed by atoms with E-state index in [2.05, 4.69) is 15.6 Å². The highest BCUT2D eigenvalue weighted by Crippen LogP contribution is 2.31. The van der Waals surface area contributed by atoms with Crippen LogP contribution in [-0.4, -0.2) is 22.0 Å². The summed E-state index contributed by atoms with van der Waals surface area (Å²) >= 11 is 18.0. The van der Waals surface area contributed by atoms with Crippen molar-refractivity contribution in [3.05, 3.63) is 39.1 Å². The number of benzene rings is 1. The zero-order chi connectivity index (χ0) is 12.4. The van der Waals surface area contributed by atoms with Gasteiger partial charge in [0.15, 0.2) is 0 Å². The molecule has 1 aromatic carbocycles. The molecule has 0 spiro atoms. The van der Waals surface area contributed by atoms with E-state index in [1.165, 1.54) is 4.68 Å². The van der Waals surface area contributed by atoms with E-state index in [0.29, 0.717) is 27.3 Å². The minimum atomic E-state index is 0.434. The van der Waals surface area contributed by atoms with Crippen LogP contribution in [0.4, 0.5) is 0 Å². The van der Waals surface area contributed by atoms with Crippen molar-refractivity contribution in [2.24, 2.45) is 0 Å². The lowest BCUT2D eigenvalue weighted by Crippen LogP contribution is -2.05. The van der Waals surface area contributed by atoms with Gasteiger partial charge < -0.3 is 5.32 Å². The van der Waals surface area contributed by atoms with Crippen LogP contribution in [0.2, 0.25) is 15.1 Å². The highest BCUT2D eigenvalue weighted by atomic mass is 35.5. The van der Waals surface area contributed by atoms with Crippen molar-refractivity contribution in [1.82, 2.24) is 20.3 Å². The fourth-order valence-corrected chi connectivity index (χ4v) is 2.41. The molecule has 0 aliphatic heterocycles. The summed E-state index contributed by atoms with van der Waals surface area (Å²) < 4.78 is 1.54. The van der Waals surface area contributed by atoms with Gasteiger partial charge in [0.2, 0.25) is 0 Å². The highest BCUT2D eigenvalue weighted by Gasteiger charge is 2.11. The summed E-state index contributed by atoms with van der Waals surface area (Å²) in [6.45, 7) is 0.628. The molecule has 7 heteroatoms. The van der Waals surface area contributed by atoms with Gasteiger partial charge in [-0.1, -0.05) is 40.0 Å². The molecule has 2 rings (SSSR count). The van der Waals surface area contributed by atoms with Crippen LogP contribution in [-0.2, 0) is 6.54 Å². The zero-order valence-corrected chi connectivity index (χ0v) is 11.2. The molecule has 0 amide bonds. The second-order valence-electron chi connectivity index (χ2n) is 3.40. The van der Waals surface area contributed by atoms with E-state index in [0.717, 1.165) is 5.69 Å². The highest BCUT2D eigenvalue weighted by molar-refractivity contribution is 6.40. The van der Waals surface area contributed by atoms with Crippen molar-refractivity contribution in [1.29, 1.82) is 0 Å². The van der Waals surface area contributed by atoms with E-state index < -0.39 is 0 Å². The van der Waals surface area contributed by atoms with Crippen molar-refractivity contribution in [2.45, 2.75) is 6.54 Å². The van der Waals surface area contributed by atoms with Crippen LogP contribution in [0.1, 0.15) is 5.69 Å². The zero-order valence-electron chi connectivity index (χ0n) is 8.91. The van der Waals surface area contributed by atoms with Crippen LogP contribution >= 0.6 is 34.8 Å². The molecule has 0 bridgehead atoms. The smallest absolute Gasteiger partial charge is 0.104 e. The predicted octanol–water partition coefficient (Wildman–Crippen LogP) is 2.95. The van der Waals surface area contributed by atoms with Gasteiger partial charge in [0, 0.05) is 11.6 Å². The van der Waals surface area contributed by atoms with Crippen molar-refractivity contribution < 1.29 is 0 Å². The number of aromatic nitrogens is 3. The Morgan fingerprint density at radius 2 is 1.88 bits per heavy atom. The molecule has 1 N–H and O–H groups in total. The number of hydrogen-bond donors (Lipinski definition) is 1. The van der Waals surface area contributed by atoms with Gasteiger partial charge in [0.25, 0.3) is 0 Å². The largest absolute Gasteiger partial charge is 0.314 e. The van der Waals surface area contributed by atoms with Crippen LogP contribution in [0, 0.1) is 0 Å². The summed E-state index contributed by atoms with van der Waals surface area (Å²) in [6.07, 6.45) is 1.76. The summed E-state index contributed by atoms with van der Waals surface area (Å²) in [4.78, 5) is 0. The molecule has 0 aliphatic carbocycles. The first-order valence-electron chi connectivity index (χ1n) is 4.82. The fraction of sp³-hybridized carbons (Fsp3) is 0.200. The Hall–Kier alpha value is -0.810. The summed E-state index contributed by atoms with van der Waals surface area (Å²) in [7, 11) is 1.83. The quantitative estimate of drug-likeness (QED) is 0.945. The predicted molar refractivity (Wildman–Crippen MR) is 69.2 cm³/mol. The van der Waals surface area contributed by atoms with E-state index in [1.807, 2.05) is 7.05 Å². The fourth-order valence-electron chi connectivity index (χ4n) is 1.42. The Morgan fingerprint density at radius 1 is 1.24 bits per heavy atom. The molecule has 0 atom stereocenters. The van der Waals surface area contributed by atoms with E-state index >= 15 is 0 Å². The maximum Gasteiger partial charge on any atom is 0.104 e. The molecule has 0 radical (unpaired) electrons. The van der Waals surface area contributed by atoms with Gasteiger partial charge in [-0.3, -0.25) is 0 Å². The van der Waals surface area contributed by atoms with Crippen LogP contribution in [0.25, 0.3) is 5.69 Å². The number of nitrogens with one attached hydrogen (secondary N) is 1. The van der Waals surface area contributed by atoms with Gasteiger partial charge in [-0.2, -0.15) is 0 Å². The average Bonchev–Trinajstić information content (AvgIpc) is 2.65. The van der Waals surface area contributed by atoms with E-state index in [4.69, 9.17) is 34.8 Å². The molecule has 4 nitrogen and oxygen atoms in total. The third-order valence-corrected chi connectivity index (χ3v) is 2.90. The van der Waals surface area contributed by atoms with E-state index in [9.17, 15) is 0 Å². The van der Waals surface area contributed by atoms with Crippen LogP contribution in [0.15, 0.2) is 18.3 Å². The summed E-state index contributed by atoms with van der Waals surface area (Å²) in [5.74, 6) is 0. The maximum atomic E-state index is 6.08. The second-order valence-corrected chi connectivity index (χ2v) is 4.65. The number of rotatable bonds is 3. The first-order valence-corrected chi connectivity index (χ1v) is 5.96. The summed E-state index contributed by atoms with van der Waals surface area (Å²) in [6, 6.07) is 3.23. The average molecular weight is 292 g/mol. The molecule has 0 unspecified atom stereocenters. The van der Waals surface area contributed by atoms with Gasteiger partial charge in [-0.25, -0.2) is 4.68 Å². The molecular formula is C10H9Cl3N4. The Morgan fingerprint density at radius 3 is 2.47 bits per heavy atom. The van der Waals surface area contributed by atoms with Crippen molar-refractivity contribution in [2.75, 3.05) is 7.05 Å². The van der Waals surface area contributed by atoms with E-state index in [1.54, 1.807) is 18.3 Å². The third kappa shape index (κ3) is 2.72. The lowest BCUT2D eigenvalue weighted by molar-refractivity contribution is 0.767. The topological polar surface area (TPSA) is 42.7 Å². The molecule has 2 aromatic rings. The van der Waals surface area contributed by atoms with Gasteiger partial charge in [-0.15, -0.1) is 5.10 Å². The lowest BCUT2D eigenvalue weighted by atomic mass is 10.3. The molecule has 1 heterocycles. The molecule has 90 valence electrons. The molecule has 0 saturated heterocycles. The Balaban J connectivity index is 2.45. The van der Waals surface area contributed by atoms with E-state index in [-0.39, 0.29) is 0 Å². The molecule has 0 aliphatic rings. The first-order chi connectivity index (χ1) is 8.11. The number of hydrogen-bond acceptors (Lipinski definition) is 3. The van der Waals surface area contributed by atoms with Gasteiger partial charge >= 0.3 is 0 Å². The minimum absolute atomic E-state index is 0.434. The van der Waals surface area contributed by atoms with Crippen LogP contribution < -0.4 is 5.32 Å². The number of nitrogens with zero attached hydrogens (tertiary/aromatic N) is 3. The Kier molecular flexibility index (Phi) is 3.89. The van der Waals surface area contributed by atoms with Gasteiger partial charge in [0.05, 0.1) is 21.9 Å². The molecule has 17 heavy (non-hydrogen) atoms. The summed E-state index contributed by atoms with van der Waals surface area (Å²) in [5.41, 5.74) is 1.38. The van der Waals surface area contributed by atoms with Crippen molar-refractivity contribution >= 4 is 34.8 Å². The monoisotopic (exact) mass is 290 g/mol. The first kappa shape index (κ1) is 12.6. The van der Waals surface area contributed by atoms with Crippen LogP contribution in [0.5, 0.6) is 0 Å². The molecule has 1 aromatic heterocycles. The molecule has 0 saturated carbocycles. The molecule has 0 fully saturated rings. The summed E-state index contributed by atoms with van der Waals surface area (Å²) in [5, 5.41) is 12.3. The van der Waals surface area contributed by atoms with Gasteiger partial charge in [0.1, 0.15) is 5.69 Å². The van der Waals surface area contributed by atoms with Gasteiger partial charge in [-0.05, 0) is 19.2 Å². The Bertz CT molecular complexity index is 515. The standard InChI is InChI=1S/C10H9Cl3N4/c1-14-4-7-5-17(16-15-7)10-8(12)2-6(11)3-9(10)13/h2-3,5,14H,4H2,1H3. The van der Waals surface area contributed by atoms with Crippen molar-refractivity contribution in [3.63, 3.8) is 0 Å². The maximum absolute atomic E-state index is 6.08. The molecular weight excluding hydrogens is 282 g/mol.